The predicted octanol–water partition coefficient (Wildman–Crippen LogP) is 4.53. The fourth-order valence-electron chi connectivity index (χ4n) is 4.50. The Morgan fingerprint density at radius 2 is 1.64 bits per heavy atom. The monoisotopic (exact) mass is 492 g/mol. The molecule has 1 aliphatic rings. The number of aliphatic imine (C=N–C) groups is 1. The molecular weight excluding hydrogens is 452 g/mol. The summed E-state index contributed by atoms with van der Waals surface area (Å²) in [4.78, 5) is 45.4. The Balaban J connectivity index is 0.00000222. The average molecular weight is 493 g/mol. The molecule has 3 N–H and O–H groups in total. The molecule has 1 aliphatic heterocycles. The molecule has 2 aromatic rings. The van der Waals surface area contributed by atoms with Gasteiger partial charge < -0.3 is 16.0 Å². The third kappa shape index (κ3) is 6.80. The minimum atomic E-state index is -1.12. The summed E-state index contributed by atoms with van der Waals surface area (Å²) >= 11 is 0. The van der Waals surface area contributed by atoms with Crippen LogP contribution in [0.4, 0.5) is 5.69 Å². The molecule has 36 heavy (non-hydrogen) atoms. The Bertz CT molecular complexity index is 1070. The molecule has 7 heteroatoms. The summed E-state index contributed by atoms with van der Waals surface area (Å²) in [7, 11) is 1.68. The van der Waals surface area contributed by atoms with Gasteiger partial charge in [-0.2, -0.15) is 0 Å². The number of hydrogen-bond donors (Lipinski definition) is 2. The van der Waals surface area contributed by atoms with Crippen molar-refractivity contribution >= 4 is 29.1 Å². The van der Waals surface area contributed by atoms with Crippen molar-refractivity contribution in [2.45, 2.75) is 60.0 Å². The number of nitrogens with one attached hydrogen (secondary N) is 1. The predicted molar refractivity (Wildman–Crippen MR) is 146 cm³/mol. The van der Waals surface area contributed by atoms with Crippen LogP contribution in [-0.2, 0) is 14.4 Å². The van der Waals surface area contributed by atoms with E-state index in [-0.39, 0.29) is 17.7 Å². The van der Waals surface area contributed by atoms with Gasteiger partial charge in [-0.1, -0.05) is 89.6 Å². The van der Waals surface area contributed by atoms with Crippen molar-refractivity contribution in [3.8, 4) is 0 Å². The number of nitrogens with two attached hydrogens (primary N) is 1. The molecule has 0 aliphatic carbocycles. The van der Waals surface area contributed by atoms with Crippen LogP contribution in [0.25, 0.3) is 0 Å². The van der Waals surface area contributed by atoms with Gasteiger partial charge in [0, 0.05) is 30.0 Å². The average Bonchev–Trinajstić information content (AvgIpc) is 2.98. The maximum absolute atomic E-state index is 13.5. The molecule has 0 fully saturated rings. The van der Waals surface area contributed by atoms with Crippen LogP contribution in [0.3, 0.4) is 0 Å². The Hall–Kier alpha value is -3.48. The van der Waals surface area contributed by atoms with E-state index in [0.29, 0.717) is 24.2 Å². The first-order valence-corrected chi connectivity index (χ1v) is 12.8. The number of fused-ring (bicyclic) bond motifs is 1. The van der Waals surface area contributed by atoms with Gasteiger partial charge in [-0.15, -0.1) is 0 Å². The second-order valence-corrected chi connectivity index (χ2v) is 9.20. The lowest BCUT2D eigenvalue weighted by Crippen LogP contribution is -2.50. The van der Waals surface area contributed by atoms with Crippen LogP contribution in [0.5, 0.6) is 0 Å². The molecule has 0 aromatic heterocycles. The molecule has 1 unspecified atom stereocenters. The van der Waals surface area contributed by atoms with Gasteiger partial charge in [-0.3, -0.25) is 14.4 Å². The molecule has 2 aromatic carbocycles. The van der Waals surface area contributed by atoms with Crippen LogP contribution in [0.15, 0.2) is 59.6 Å². The quantitative estimate of drug-likeness (QED) is 0.537. The van der Waals surface area contributed by atoms with E-state index in [4.69, 9.17) is 10.7 Å². The number of hydrogen-bond acceptors (Lipinski definition) is 4. The molecule has 3 atom stereocenters. The van der Waals surface area contributed by atoms with Crippen molar-refractivity contribution in [3.63, 3.8) is 0 Å². The summed E-state index contributed by atoms with van der Waals surface area (Å²) in [5, 5.41) is 2.85. The minimum Gasteiger partial charge on any atom is -0.369 e. The second-order valence-electron chi connectivity index (χ2n) is 9.20. The van der Waals surface area contributed by atoms with Gasteiger partial charge in [0.25, 0.3) is 5.91 Å². The first-order valence-electron chi connectivity index (χ1n) is 12.8. The molecule has 194 valence electrons. The first kappa shape index (κ1) is 28.8. The topological polar surface area (TPSA) is 105 Å². The van der Waals surface area contributed by atoms with Crippen LogP contribution >= 0.6 is 0 Å². The second kappa shape index (κ2) is 13.6. The minimum absolute atomic E-state index is 0.176. The number of carbonyl (C=O) groups excluding carboxylic acids is 3. The van der Waals surface area contributed by atoms with Crippen molar-refractivity contribution < 1.29 is 14.4 Å². The Morgan fingerprint density at radius 1 is 1.03 bits per heavy atom. The van der Waals surface area contributed by atoms with E-state index in [1.54, 1.807) is 7.05 Å². The fraction of sp³-hybridized carbons (Fsp3) is 0.448. The molecular formula is C29H40N4O3. The Morgan fingerprint density at radius 3 is 2.22 bits per heavy atom. The summed E-state index contributed by atoms with van der Waals surface area (Å²) in [6.07, 6.45) is 0.616. The number of amides is 3. The summed E-state index contributed by atoms with van der Waals surface area (Å²) in [6, 6.07) is 17.1. The zero-order chi connectivity index (χ0) is 26.8. The zero-order valence-corrected chi connectivity index (χ0v) is 22.3. The summed E-state index contributed by atoms with van der Waals surface area (Å²) in [5.41, 5.74) is 8.67. The van der Waals surface area contributed by atoms with Crippen molar-refractivity contribution in [1.82, 2.24) is 5.32 Å². The van der Waals surface area contributed by atoms with Gasteiger partial charge in [-0.05, 0) is 24.8 Å². The van der Waals surface area contributed by atoms with Gasteiger partial charge in [0.05, 0.1) is 11.4 Å². The zero-order valence-electron chi connectivity index (χ0n) is 22.3. The van der Waals surface area contributed by atoms with Gasteiger partial charge in [0.1, 0.15) is 0 Å². The number of rotatable bonds is 9. The number of carbonyl (C=O) groups is 3. The smallest absolute Gasteiger partial charge is 0.272 e. The van der Waals surface area contributed by atoms with Crippen molar-refractivity contribution in [2.75, 3.05) is 11.9 Å². The molecule has 7 nitrogen and oxygen atoms in total. The fourth-order valence-corrected chi connectivity index (χ4v) is 4.50. The van der Waals surface area contributed by atoms with E-state index in [1.165, 1.54) is 4.90 Å². The SMILES string of the molecule is CC.CCC[C@H](C(N)=O)[C@@H](CC(C)C)C(=O)NC1N=C(c2ccccc2)c2ccccc2N(C)C1=O. The van der Waals surface area contributed by atoms with E-state index in [9.17, 15) is 14.4 Å². The highest BCUT2D eigenvalue weighted by Gasteiger charge is 2.36. The summed E-state index contributed by atoms with van der Waals surface area (Å²) < 4.78 is 0. The largest absolute Gasteiger partial charge is 0.369 e. The van der Waals surface area contributed by atoms with E-state index in [2.05, 4.69) is 5.32 Å². The molecule has 3 amide bonds. The van der Waals surface area contributed by atoms with Gasteiger partial charge in [-0.25, -0.2) is 4.99 Å². The number of para-hydroxylation sites is 1. The number of primary amides is 1. The van der Waals surface area contributed by atoms with Crippen LogP contribution < -0.4 is 16.0 Å². The maximum atomic E-state index is 13.5. The number of anilines is 1. The van der Waals surface area contributed by atoms with E-state index in [1.807, 2.05) is 89.2 Å². The lowest BCUT2D eigenvalue weighted by Gasteiger charge is -2.27. The van der Waals surface area contributed by atoms with Crippen LogP contribution in [-0.4, -0.2) is 36.6 Å². The number of likely N-dealkylation sites (N-methyl/N-ethyl adjacent to an activating group) is 1. The normalized spacial score (nSPS) is 16.6. The van der Waals surface area contributed by atoms with E-state index < -0.39 is 23.9 Å². The van der Waals surface area contributed by atoms with Crippen molar-refractivity contribution in [1.29, 1.82) is 0 Å². The highest BCUT2D eigenvalue weighted by molar-refractivity contribution is 6.20. The van der Waals surface area contributed by atoms with Crippen LogP contribution in [0.1, 0.15) is 65.0 Å². The molecule has 0 saturated carbocycles. The molecule has 3 rings (SSSR count). The highest BCUT2D eigenvalue weighted by atomic mass is 16.2. The molecule has 0 radical (unpaired) electrons. The van der Waals surface area contributed by atoms with Gasteiger partial charge in [0.15, 0.2) is 0 Å². The standard InChI is InChI=1S/C27H34N4O3.C2H6/c1-5-11-19(24(28)32)21(16-17(2)3)26(33)30-25-27(34)31(4)22-15-10-9-14-20(22)23(29-25)18-12-7-6-8-13-18;1-2/h6-10,12-15,17,19,21,25H,5,11,16H2,1-4H3,(H2,28,32)(H,30,33);1-2H3/t19-,21+,25?;/m0./s1. The van der Waals surface area contributed by atoms with Gasteiger partial charge >= 0.3 is 0 Å². The molecule has 0 bridgehead atoms. The third-order valence-corrected chi connectivity index (χ3v) is 6.18. The lowest BCUT2D eigenvalue weighted by molar-refractivity contribution is -0.136. The van der Waals surface area contributed by atoms with Crippen molar-refractivity contribution in [2.24, 2.45) is 28.5 Å². The van der Waals surface area contributed by atoms with Gasteiger partial charge in [0.2, 0.25) is 18.0 Å². The van der Waals surface area contributed by atoms with Crippen LogP contribution in [0.2, 0.25) is 0 Å². The Labute approximate surface area is 215 Å². The highest BCUT2D eigenvalue weighted by Crippen LogP contribution is 2.29. The van der Waals surface area contributed by atoms with E-state index >= 15 is 0 Å². The van der Waals surface area contributed by atoms with E-state index in [0.717, 1.165) is 17.5 Å². The molecule has 1 heterocycles. The number of nitrogens with zero attached hydrogens (tertiary/aromatic N) is 2. The number of benzene rings is 2. The Kier molecular flexibility index (Phi) is 10.8. The summed E-state index contributed by atoms with van der Waals surface area (Å²) in [6.45, 7) is 9.95. The maximum Gasteiger partial charge on any atom is 0.272 e. The van der Waals surface area contributed by atoms with Crippen molar-refractivity contribution in [3.05, 3.63) is 65.7 Å². The first-order chi connectivity index (χ1) is 17.2. The molecule has 0 spiro atoms. The van der Waals surface area contributed by atoms with Crippen LogP contribution in [0, 0.1) is 17.8 Å². The lowest BCUT2D eigenvalue weighted by atomic mass is 9.81. The third-order valence-electron chi connectivity index (χ3n) is 6.18. The summed E-state index contributed by atoms with van der Waals surface area (Å²) in [5.74, 6) is -2.26. The molecule has 0 saturated heterocycles. The number of benzodiazepines with no additional fused rings is 1.